The summed E-state index contributed by atoms with van der Waals surface area (Å²) in [5.41, 5.74) is 0.650. The molecule has 0 bridgehead atoms. The van der Waals surface area contributed by atoms with Gasteiger partial charge >= 0.3 is 0 Å². The van der Waals surface area contributed by atoms with Gasteiger partial charge in [0.15, 0.2) is 0 Å². The quantitative estimate of drug-likeness (QED) is 0.684. The number of hydrogen-bond donors (Lipinski definition) is 0. The Hall–Kier alpha value is -0.386. The molecule has 0 atom stereocenters. The Morgan fingerprint density at radius 3 is 1.44 bits per heavy atom. The first-order valence-electron chi connectivity index (χ1n) is 8.32. The lowest BCUT2D eigenvalue weighted by atomic mass is 10.0. The van der Waals surface area contributed by atoms with Gasteiger partial charge in [-0.1, -0.05) is 39.3 Å². The van der Waals surface area contributed by atoms with E-state index in [2.05, 4.69) is 39.3 Å². The fourth-order valence-electron chi connectivity index (χ4n) is 3.01. The molecule has 0 saturated carbocycles. The molecule has 0 aliphatic carbocycles. The fraction of sp³-hybridized carbons (Fsp3) is 0.529. The van der Waals surface area contributed by atoms with Crippen molar-refractivity contribution >= 4 is 47.8 Å². The minimum absolute atomic E-state index is 0.286. The Kier molecular flexibility index (Phi) is 4.92. The molecule has 1 aliphatic rings. The van der Waals surface area contributed by atoms with Crippen LogP contribution in [0.4, 0.5) is 8.78 Å². The highest BCUT2D eigenvalue weighted by Crippen LogP contribution is 2.43. The van der Waals surface area contributed by atoms with Crippen LogP contribution in [-0.2, 0) is 15.3 Å². The highest BCUT2D eigenvalue weighted by atomic mass is 32.1. The molecule has 1 fully saturated rings. The molecule has 1 saturated heterocycles. The van der Waals surface area contributed by atoms with E-state index in [0.717, 1.165) is 9.00 Å². The van der Waals surface area contributed by atoms with Crippen LogP contribution in [0.15, 0.2) is 10.8 Å². The second kappa shape index (κ2) is 6.35. The molecule has 2 aromatic heterocycles. The van der Waals surface area contributed by atoms with Gasteiger partial charge in [0.25, 0.3) is 0 Å². The van der Waals surface area contributed by atoms with Gasteiger partial charge in [-0.3, -0.25) is 0 Å². The van der Waals surface area contributed by atoms with Gasteiger partial charge in [0.2, 0.25) is 5.79 Å². The van der Waals surface area contributed by atoms with Crippen LogP contribution in [0.2, 0.25) is 39.3 Å². The van der Waals surface area contributed by atoms with Gasteiger partial charge in [0.1, 0.15) is 11.6 Å². The summed E-state index contributed by atoms with van der Waals surface area (Å²) in [6.45, 7) is 13.3. The number of ether oxygens (including phenoxy) is 2. The lowest BCUT2D eigenvalue weighted by Crippen LogP contribution is -2.40. The van der Waals surface area contributed by atoms with Crippen LogP contribution in [0.25, 0.3) is 0 Å². The third-order valence-electron chi connectivity index (χ3n) is 4.23. The molecule has 0 unspecified atom stereocenters. The first-order chi connectivity index (χ1) is 11.5. The largest absolute Gasteiger partial charge is 0.340 e. The molecular weight excluding hydrogens is 394 g/mol. The SMILES string of the molecule is C[Si](C)(C)c1scc(C2(c3csc([Si](C)(C)C)c3F)OCCO2)c1F. The van der Waals surface area contributed by atoms with Crippen molar-refractivity contribution in [2.45, 2.75) is 45.1 Å². The average Bonchev–Trinajstić information content (AvgIpc) is 3.14. The van der Waals surface area contributed by atoms with Gasteiger partial charge in [0, 0.05) is 19.8 Å². The van der Waals surface area contributed by atoms with E-state index in [0.29, 0.717) is 24.3 Å². The molecule has 2 nitrogen and oxygen atoms in total. The van der Waals surface area contributed by atoms with Crippen molar-refractivity contribution in [2.75, 3.05) is 13.2 Å². The molecule has 138 valence electrons. The van der Waals surface area contributed by atoms with Crippen molar-refractivity contribution in [3.05, 3.63) is 33.5 Å². The molecule has 1 aliphatic heterocycles. The Bertz CT molecular complexity index is 721. The zero-order valence-corrected chi connectivity index (χ0v) is 19.1. The fourth-order valence-corrected chi connectivity index (χ4v) is 9.20. The third kappa shape index (κ3) is 3.21. The van der Waals surface area contributed by atoms with E-state index in [4.69, 9.17) is 9.47 Å². The minimum atomic E-state index is -1.83. The molecule has 0 spiro atoms. The highest BCUT2D eigenvalue weighted by molar-refractivity contribution is 7.25. The Morgan fingerprint density at radius 1 is 0.800 bits per heavy atom. The first kappa shape index (κ1) is 19.4. The van der Waals surface area contributed by atoms with Crippen LogP contribution in [0, 0.1) is 11.6 Å². The van der Waals surface area contributed by atoms with Gasteiger partial charge in [-0.15, -0.1) is 22.7 Å². The molecule has 0 aromatic carbocycles. The number of halogens is 2. The maximum absolute atomic E-state index is 15.3. The molecule has 0 N–H and O–H groups in total. The van der Waals surface area contributed by atoms with Gasteiger partial charge in [0.05, 0.1) is 40.5 Å². The molecule has 3 heterocycles. The van der Waals surface area contributed by atoms with E-state index >= 15 is 8.78 Å². The molecular formula is C17H24F2O2S2Si2. The van der Waals surface area contributed by atoms with Crippen molar-refractivity contribution in [1.82, 2.24) is 0 Å². The molecule has 0 amide bonds. The Balaban J connectivity index is 2.17. The third-order valence-corrected chi connectivity index (χ3v) is 13.3. The number of thiophene rings is 2. The Morgan fingerprint density at radius 2 is 1.16 bits per heavy atom. The van der Waals surface area contributed by atoms with E-state index < -0.39 is 21.9 Å². The van der Waals surface area contributed by atoms with E-state index in [1.165, 1.54) is 22.7 Å². The summed E-state index contributed by atoms with van der Waals surface area (Å²) in [5.74, 6) is -2.02. The lowest BCUT2D eigenvalue weighted by molar-refractivity contribution is -0.133. The summed E-state index contributed by atoms with van der Waals surface area (Å²) in [5, 5.41) is 3.50. The van der Waals surface area contributed by atoms with Gasteiger partial charge < -0.3 is 9.47 Å². The highest BCUT2D eigenvalue weighted by Gasteiger charge is 2.48. The summed E-state index contributed by atoms with van der Waals surface area (Å²) in [4.78, 5) is 0. The van der Waals surface area contributed by atoms with Crippen LogP contribution in [0.3, 0.4) is 0 Å². The number of hydrogen-bond acceptors (Lipinski definition) is 4. The van der Waals surface area contributed by atoms with Gasteiger partial charge in [-0.05, 0) is 0 Å². The summed E-state index contributed by atoms with van der Waals surface area (Å²) in [6, 6.07) is 0. The van der Waals surface area contributed by atoms with Crippen molar-refractivity contribution < 1.29 is 18.3 Å². The monoisotopic (exact) mass is 418 g/mol. The topological polar surface area (TPSA) is 18.5 Å². The van der Waals surface area contributed by atoms with Crippen LogP contribution < -0.4 is 9.00 Å². The molecule has 8 heteroatoms. The maximum atomic E-state index is 15.3. The van der Waals surface area contributed by atoms with Crippen LogP contribution in [0.5, 0.6) is 0 Å². The summed E-state index contributed by atoms with van der Waals surface area (Å²) in [7, 11) is -3.66. The normalized spacial score (nSPS) is 18.1. The molecule has 25 heavy (non-hydrogen) atoms. The van der Waals surface area contributed by atoms with Crippen molar-refractivity contribution in [1.29, 1.82) is 0 Å². The van der Waals surface area contributed by atoms with E-state index in [1.54, 1.807) is 10.8 Å². The second-order valence-corrected chi connectivity index (χ2v) is 20.9. The van der Waals surface area contributed by atoms with E-state index in [-0.39, 0.29) is 11.6 Å². The molecule has 2 aromatic rings. The predicted octanol–water partition coefficient (Wildman–Crippen LogP) is 4.43. The first-order valence-corrected chi connectivity index (χ1v) is 17.1. The summed E-state index contributed by atoms with van der Waals surface area (Å²) in [6.07, 6.45) is 0. The smallest absolute Gasteiger partial charge is 0.229 e. The standard InChI is InChI=1S/C17H24F2O2S2Si2/c1-24(2,3)15-13(18)11(9-22-15)17(20-7-8-21-17)12-10-23-16(14(12)19)25(4,5)6/h9-10H,7-8H2,1-6H3. The van der Waals surface area contributed by atoms with Crippen molar-refractivity contribution in [3.63, 3.8) is 0 Å². The van der Waals surface area contributed by atoms with Crippen molar-refractivity contribution in [2.24, 2.45) is 0 Å². The minimum Gasteiger partial charge on any atom is -0.340 e. The lowest BCUT2D eigenvalue weighted by Gasteiger charge is -2.27. The predicted molar refractivity (Wildman–Crippen MR) is 107 cm³/mol. The Labute approximate surface area is 157 Å². The molecule has 0 radical (unpaired) electrons. The zero-order valence-electron chi connectivity index (χ0n) is 15.5. The van der Waals surface area contributed by atoms with Gasteiger partial charge in [-0.25, -0.2) is 8.78 Å². The van der Waals surface area contributed by atoms with Crippen LogP contribution in [-0.4, -0.2) is 29.4 Å². The van der Waals surface area contributed by atoms with E-state index in [9.17, 15) is 0 Å². The van der Waals surface area contributed by atoms with Gasteiger partial charge in [-0.2, -0.15) is 0 Å². The summed E-state index contributed by atoms with van der Waals surface area (Å²) < 4.78 is 43.8. The van der Waals surface area contributed by atoms with E-state index in [1.807, 2.05) is 0 Å². The second-order valence-electron chi connectivity index (χ2n) is 8.40. The summed E-state index contributed by atoms with van der Waals surface area (Å²) >= 11 is 2.80. The zero-order chi connectivity index (χ0) is 18.6. The average molecular weight is 419 g/mol. The van der Waals surface area contributed by atoms with Crippen LogP contribution in [0.1, 0.15) is 11.1 Å². The maximum Gasteiger partial charge on any atom is 0.229 e. The molecule has 3 rings (SSSR count). The van der Waals surface area contributed by atoms with Crippen LogP contribution >= 0.6 is 22.7 Å². The number of rotatable bonds is 4. The van der Waals surface area contributed by atoms with Crippen molar-refractivity contribution in [3.8, 4) is 0 Å².